The molecule has 11 heteroatoms. The minimum absolute atomic E-state index is 0.153. The van der Waals surface area contributed by atoms with Crippen LogP contribution in [0.25, 0.3) is 5.82 Å². The molecule has 1 aliphatic rings. The van der Waals surface area contributed by atoms with E-state index in [-0.39, 0.29) is 18.8 Å². The third-order valence-corrected chi connectivity index (χ3v) is 4.75. The van der Waals surface area contributed by atoms with E-state index in [0.29, 0.717) is 36.0 Å². The highest BCUT2D eigenvalue weighted by Gasteiger charge is 2.22. The topological polar surface area (TPSA) is 122 Å². The number of aromatic nitrogens is 3. The molecule has 0 fully saturated rings. The second kappa shape index (κ2) is 8.97. The lowest BCUT2D eigenvalue weighted by Crippen LogP contribution is -2.43. The Bertz CT molecular complexity index is 1030. The molecule has 1 atom stereocenters. The number of hydrogen-bond donors (Lipinski definition) is 1. The monoisotopic (exact) mass is 399 g/mol. The number of methoxy groups -OCH3 is 1. The number of ether oxygens (including phenoxy) is 2. The molecule has 2 aromatic rings. The predicted octanol–water partition coefficient (Wildman–Crippen LogP) is -1.51. The number of hydrogen-bond acceptors (Lipinski definition) is 8. The van der Waals surface area contributed by atoms with Crippen LogP contribution in [0.4, 0.5) is 0 Å². The highest BCUT2D eigenvalue weighted by Crippen LogP contribution is 2.12. The van der Waals surface area contributed by atoms with E-state index >= 15 is 0 Å². The molecule has 2 aromatic heterocycles. The van der Waals surface area contributed by atoms with Crippen LogP contribution in [0, 0.1) is 0 Å². The standard InChI is InChI=1S/C18H20BN4O6/c1-22-14-5-6-29-9-12(14)16(25)23(18(22)27)15-4-3-11(8-20-15)7-13(17(26)28-2)21-19-10-24/h3-4,8,10,13,21H,5-7,9H2,1-2H3/t13-/m0/s1. The fourth-order valence-corrected chi connectivity index (χ4v) is 3.24. The summed E-state index contributed by atoms with van der Waals surface area (Å²) in [6.45, 7) is 0.619. The number of nitrogens with zero attached hydrogens (tertiary/aromatic N) is 3. The molecule has 0 unspecified atom stereocenters. The summed E-state index contributed by atoms with van der Waals surface area (Å²) in [6, 6.07) is 2.42. The fraction of sp³-hybridized carbons (Fsp3) is 0.389. The Morgan fingerprint density at radius 2 is 2.24 bits per heavy atom. The van der Waals surface area contributed by atoms with Crippen molar-refractivity contribution in [3.05, 3.63) is 56.0 Å². The van der Waals surface area contributed by atoms with Crippen LogP contribution in [0.2, 0.25) is 0 Å². The maximum absolute atomic E-state index is 12.8. The largest absolute Gasteiger partial charge is 0.468 e. The Morgan fingerprint density at radius 3 is 2.90 bits per heavy atom. The molecule has 10 nitrogen and oxygen atoms in total. The summed E-state index contributed by atoms with van der Waals surface area (Å²) in [6.07, 6.45) is 2.70. The average molecular weight is 399 g/mol. The van der Waals surface area contributed by atoms with E-state index in [1.54, 1.807) is 13.1 Å². The quantitative estimate of drug-likeness (QED) is 0.339. The normalized spacial score (nSPS) is 14.0. The number of fused-ring (bicyclic) bond motifs is 1. The maximum Gasteiger partial charge on any atom is 0.336 e. The molecule has 0 saturated carbocycles. The number of carbonyl (C=O) groups excluding carboxylic acids is 2. The van der Waals surface area contributed by atoms with Crippen LogP contribution in [0.15, 0.2) is 27.9 Å². The summed E-state index contributed by atoms with van der Waals surface area (Å²) in [7, 11) is 3.98. The molecule has 29 heavy (non-hydrogen) atoms. The van der Waals surface area contributed by atoms with Crippen molar-refractivity contribution in [2.75, 3.05) is 13.7 Å². The van der Waals surface area contributed by atoms with Crippen LogP contribution in [0.3, 0.4) is 0 Å². The molecule has 151 valence electrons. The van der Waals surface area contributed by atoms with E-state index in [0.717, 1.165) is 12.0 Å². The molecule has 0 spiro atoms. The van der Waals surface area contributed by atoms with Crippen molar-refractivity contribution >= 4 is 19.6 Å². The second-order valence-corrected chi connectivity index (χ2v) is 6.48. The zero-order valence-electron chi connectivity index (χ0n) is 16.1. The van der Waals surface area contributed by atoms with E-state index in [2.05, 4.69) is 10.2 Å². The first-order valence-corrected chi connectivity index (χ1v) is 8.95. The summed E-state index contributed by atoms with van der Waals surface area (Å²) < 4.78 is 12.5. The van der Waals surface area contributed by atoms with Crippen LogP contribution in [-0.2, 0) is 45.6 Å². The number of esters is 1. The van der Waals surface area contributed by atoms with E-state index < -0.39 is 23.3 Å². The Balaban J connectivity index is 1.92. The minimum Gasteiger partial charge on any atom is -0.468 e. The maximum atomic E-state index is 12.8. The summed E-state index contributed by atoms with van der Waals surface area (Å²) >= 11 is 0. The van der Waals surface area contributed by atoms with Crippen LogP contribution < -0.4 is 16.5 Å². The molecule has 3 rings (SSSR count). The summed E-state index contributed by atoms with van der Waals surface area (Å²) in [5.74, 6) is -0.360. The van der Waals surface area contributed by atoms with Gasteiger partial charge in [-0.25, -0.2) is 14.3 Å². The average Bonchev–Trinajstić information content (AvgIpc) is 2.75. The van der Waals surface area contributed by atoms with Gasteiger partial charge in [0.15, 0.2) is 0 Å². The number of pyridine rings is 1. The van der Waals surface area contributed by atoms with E-state index in [1.165, 1.54) is 23.9 Å². The van der Waals surface area contributed by atoms with Gasteiger partial charge in [-0.1, -0.05) is 6.07 Å². The molecule has 0 aromatic carbocycles. The van der Waals surface area contributed by atoms with Gasteiger partial charge in [0.1, 0.15) is 11.9 Å². The molecule has 1 aliphatic heterocycles. The minimum atomic E-state index is -0.769. The Hall–Kier alpha value is -3.05. The zero-order chi connectivity index (χ0) is 21.0. The van der Waals surface area contributed by atoms with Crippen LogP contribution >= 0.6 is 0 Å². The summed E-state index contributed by atoms with van der Waals surface area (Å²) in [5.41, 5.74) is 0.853. The van der Waals surface area contributed by atoms with Crippen LogP contribution in [0.1, 0.15) is 16.8 Å². The van der Waals surface area contributed by atoms with Crippen molar-refractivity contribution in [1.29, 1.82) is 0 Å². The predicted molar refractivity (Wildman–Crippen MR) is 104 cm³/mol. The second-order valence-electron chi connectivity index (χ2n) is 6.48. The molecule has 0 amide bonds. The SMILES string of the molecule is COC(=O)[C@H](Cc1ccc(-n2c(=O)c3c(n(C)c2=O)CCOC3)nc1)N[B]C=O. The number of carbonyl (C=O) groups is 2. The van der Waals surface area contributed by atoms with Crippen molar-refractivity contribution in [2.24, 2.45) is 7.05 Å². The van der Waals surface area contributed by atoms with Gasteiger partial charge in [0.05, 0.1) is 32.1 Å². The lowest BCUT2D eigenvalue weighted by atomic mass is 9.94. The smallest absolute Gasteiger partial charge is 0.336 e. The number of rotatable bonds is 7. The van der Waals surface area contributed by atoms with E-state index in [9.17, 15) is 19.2 Å². The van der Waals surface area contributed by atoms with Crippen molar-refractivity contribution in [1.82, 2.24) is 19.3 Å². The van der Waals surface area contributed by atoms with Crippen molar-refractivity contribution in [3.8, 4) is 5.82 Å². The van der Waals surface area contributed by atoms with Crippen molar-refractivity contribution in [2.45, 2.75) is 25.5 Å². The lowest BCUT2D eigenvalue weighted by Gasteiger charge is -2.20. The third kappa shape index (κ3) is 4.20. The van der Waals surface area contributed by atoms with Gasteiger partial charge in [-0.3, -0.25) is 14.2 Å². The first-order valence-electron chi connectivity index (χ1n) is 8.95. The lowest BCUT2D eigenvalue weighted by molar-refractivity contribution is -0.142. The fourth-order valence-electron chi connectivity index (χ4n) is 3.24. The van der Waals surface area contributed by atoms with Gasteiger partial charge in [0.2, 0.25) is 0 Å². The van der Waals surface area contributed by atoms with Gasteiger partial charge in [-0.2, -0.15) is 0 Å². The van der Waals surface area contributed by atoms with Crippen LogP contribution in [-0.4, -0.2) is 53.4 Å². The van der Waals surface area contributed by atoms with Crippen LogP contribution in [0.5, 0.6) is 0 Å². The summed E-state index contributed by atoms with van der Waals surface area (Å²) in [5, 5.41) is 2.66. The molecule has 0 aliphatic carbocycles. The zero-order valence-corrected chi connectivity index (χ0v) is 16.1. The molecule has 1 radical (unpaired) electrons. The first-order chi connectivity index (χ1) is 14.0. The molecule has 3 heterocycles. The molecular weight excluding hydrogens is 379 g/mol. The highest BCUT2D eigenvalue weighted by atomic mass is 16.5. The molecule has 1 N–H and O–H groups in total. The number of nitrogens with one attached hydrogen (secondary N) is 1. The molecule has 0 saturated heterocycles. The van der Waals surface area contributed by atoms with Gasteiger partial charge in [-0.15, -0.1) is 0 Å². The molecular formula is C18H20BN4O6. The van der Waals surface area contributed by atoms with Gasteiger partial charge in [0.25, 0.3) is 13.0 Å². The van der Waals surface area contributed by atoms with Crippen molar-refractivity contribution < 1.29 is 19.1 Å². The summed E-state index contributed by atoms with van der Waals surface area (Å²) in [4.78, 5) is 52.1. The first kappa shape index (κ1) is 20.7. The highest BCUT2D eigenvalue weighted by molar-refractivity contribution is 6.64. The molecule has 0 bridgehead atoms. The van der Waals surface area contributed by atoms with Gasteiger partial charge in [-0.05, 0) is 18.1 Å². The Kier molecular flexibility index (Phi) is 6.40. The van der Waals surface area contributed by atoms with Gasteiger partial charge >= 0.3 is 11.7 Å². The van der Waals surface area contributed by atoms with E-state index in [1.807, 2.05) is 0 Å². The Morgan fingerprint density at radius 1 is 1.45 bits per heavy atom. The van der Waals surface area contributed by atoms with E-state index in [4.69, 9.17) is 9.47 Å². The van der Waals surface area contributed by atoms with Gasteiger partial charge < -0.3 is 19.5 Å². The van der Waals surface area contributed by atoms with Gasteiger partial charge in [0, 0.05) is 25.4 Å². The Labute approximate surface area is 166 Å². The third-order valence-electron chi connectivity index (χ3n) is 4.75. The van der Waals surface area contributed by atoms with Crippen molar-refractivity contribution in [3.63, 3.8) is 0 Å².